The molecule has 0 amide bonds. The molecule has 0 bridgehead atoms. The molecule has 616 valence electrons. The second-order valence-electron chi connectivity index (χ2n) is 27.1. The van der Waals surface area contributed by atoms with Crippen molar-refractivity contribution < 1.29 is 154 Å². The van der Waals surface area contributed by atoms with Crippen LogP contribution in [-0.2, 0) is 59.0 Å². The van der Waals surface area contributed by atoms with Gasteiger partial charge in [-0.2, -0.15) is 0 Å². The smallest absolute Gasteiger partial charge is 0.240 e. The third-order valence-corrected chi connectivity index (χ3v) is 24.9. The molecule has 108 heavy (non-hydrogen) atoms. The molecule has 0 spiro atoms. The highest BCUT2D eigenvalue weighted by Gasteiger charge is 2.60. The van der Waals surface area contributed by atoms with Crippen molar-refractivity contribution in [3.63, 3.8) is 0 Å². The van der Waals surface area contributed by atoms with E-state index < -0.39 is 236 Å². The molecule has 4 aliphatic heterocycles. The van der Waals surface area contributed by atoms with E-state index in [0.717, 1.165) is 33.3 Å². The van der Waals surface area contributed by atoms with Gasteiger partial charge in [-0.1, -0.05) is 75.2 Å². The minimum Gasteiger partial charge on any atom is -0.497 e. The van der Waals surface area contributed by atoms with Gasteiger partial charge in [0.2, 0.25) is 63.5 Å². The molecule has 4 aromatic carbocycles. The Morgan fingerprint density at radius 1 is 0.398 bits per heavy atom. The van der Waals surface area contributed by atoms with E-state index in [9.17, 15) is 110 Å². The van der Waals surface area contributed by atoms with Crippen LogP contribution in [0.1, 0.15) is 61.0 Å². The van der Waals surface area contributed by atoms with Crippen LogP contribution >= 0.6 is 11.6 Å². The maximum Gasteiger partial charge on any atom is 0.240 e. The molecule has 4 heterocycles. The van der Waals surface area contributed by atoms with Crippen LogP contribution in [0.4, 0.5) is 35.1 Å². The standard InChI is InChI=1S/C17H25F2NO7S.C17H25F2NO6S.C16H22ClF2NO6S.C16H23F2NO6S/c1-9-13(20-28(24,25)11-6-4-10(26-3)5-7-11)16(18)17(2,19)27-15(9)14(23)12(22)8-21;1-9-4-6-11(7-5-9)27(24,25)20-13-10(2)15(14(23)12(22)8-21)26-17(3,19)16(13)18;1-8-12(20-27(24,25)10-5-3-9(17)4-6-10)15(18)16(2,19)26-14(8)13(23)11(22)7-21;1-9-12(19-26(23,24)10-6-4-3-5-7-10)15(17)16(2,18)25-14(9)13(22)11(21)8-20/h4-7,9,12-16,20-23H,8H2,1-3H3;4-7,10,12-16,20-23H,8H2,1-3H3;3-6,8,11-15,20-23H,7H2,1-2H3;3-7,9,11-15,19-22H,8H2,1-2H3/t9-,12-,13-,14-,15-,16?,17?;10-,12-,13-,14-,15-,16?,17?;8-,11-,12-,13-,14-,15?,16?;9-,11-,12-,13-,14-,15?,16?/m1111/s1. The van der Waals surface area contributed by atoms with Gasteiger partial charge in [0.05, 0.1) is 102 Å². The maximum atomic E-state index is 14.7. The Hall–Kier alpha value is -4.59. The highest BCUT2D eigenvalue weighted by molar-refractivity contribution is 7.90. The Balaban J connectivity index is 0.000000258. The van der Waals surface area contributed by atoms with Crippen molar-refractivity contribution in [2.45, 2.75) is 227 Å². The van der Waals surface area contributed by atoms with Crippen molar-refractivity contribution in [1.82, 2.24) is 18.9 Å². The first kappa shape index (κ1) is 94.0. The summed E-state index contributed by atoms with van der Waals surface area (Å²) in [4.78, 5) is -0.635. The van der Waals surface area contributed by atoms with Crippen LogP contribution in [0.5, 0.6) is 5.75 Å². The summed E-state index contributed by atoms with van der Waals surface area (Å²) in [5.74, 6) is -15.5. The van der Waals surface area contributed by atoms with E-state index in [-0.39, 0.29) is 19.6 Å². The fourth-order valence-electron chi connectivity index (χ4n) is 12.1. The number of ether oxygens (including phenoxy) is 5. The van der Waals surface area contributed by atoms with Crippen LogP contribution in [0.15, 0.2) is 123 Å². The lowest BCUT2D eigenvalue weighted by Gasteiger charge is -2.46. The van der Waals surface area contributed by atoms with Crippen molar-refractivity contribution in [3.8, 4) is 5.75 Å². The van der Waals surface area contributed by atoms with Crippen molar-refractivity contribution in [2.75, 3.05) is 33.5 Å². The molecule has 0 aromatic heterocycles. The third kappa shape index (κ3) is 22.9. The Labute approximate surface area is 625 Å². The molecule has 0 aliphatic carbocycles. The fraction of sp³-hybridized carbons (Fsp3) is 0.636. The Bertz CT molecular complexity index is 3840. The highest BCUT2D eigenvalue weighted by atomic mass is 35.5. The predicted molar refractivity (Wildman–Crippen MR) is 369 cm³/mol. The number of sulfonamides is 4. The molecule has 16 N–H and O–H groups in total. The number of alkyl halides is 8. The average molecular weight is 1660 g/mol. The van der Waals surface area contributed by atoms with E-state index in [1.165, 1.54) is 120 Å². The number of nitrogens with one attached hydrogen (secondary N) is 4. The minimum absolute atomic E-state index is 0.118. The van der Waals surface area contributed by atoms with Crippen LogP contribution in [0, 0.1) is 30.6 Å². The van der Waals surface area contributed by atoms with E-state index in [1.54, 1.807) is 25.1 Å². The second kappa shape index (κ2) is 38.0. The van der Waals surface area contributed by atoms with Crippen LogP contribution in [0.3, 0.4) is 0 Å². The molecule has 4 aromatic rings. The van der Waals surface area contributed by atoms with Crippen LogP contribution < -0.4 is 23.6 Å². The van der Waals surface area contributed by atoms with E-state index in [1.807, 2.05) is 0 Å². The second-order valence-corrected chi connectivity index (χ2v) is 34.4. The van der Waals surface area contributed by atoms with Gasteiger partial charge in [-0.25, -0.2) is 87.7 Å². The zero-order chi connectivity index (χ0) is 82.1. The zero-order valence-corrected chi connectivity index (χ0v) is 63.7. The quantitative estimate of drug-likeness (QED) is 0.0417. The Morgan fingerprint density at radius 3 is 0.833 bits per heavy atom. The largest absolute Gasteiger partial charge is 0.497 e. The van der Waals surface area contributed by atoms with E-state index >= 15 is 0 Å². The molecule has 28 atom stereocenters. The summed E-state index contributed by atoms with van der Waals surface area (Å²) in [5, 5.41) is 115. The van der Waals surface area contributed by atoms with E-state index in [0.29, 0.717) is 10.8 Å². The number of benzene rings is 4. The van der Waals surface area contributed by atoms with Gasteiger partial charge in [0.15, 0.2) is 24.7 Å². The summed E-state index contributed by atoms with van der Waals surface area (Å²) < 4.78 is 251. The number of aliphatic hydroxyl groups excluding tert-OH is 12. The first-order valence-electron chi connectivity index (χ1n) is 33.3. The third-order valence-electron chi connectivity index (χ3n) is 18.8. The zero-order valence-electron chi connectivity index (χ0n) is 59.7. The summed E-state index contributed by atoms with van der Waals surface area (Å²) in [6.45, 7) is 6.95. The van der Waals surface area contributed by atoms with Gasteiger partial charge in [0, 0.05) is 28.7 Å². The molecule has 0 saturated carbocycles. The normalized spacial score (nSPS) is 34.2. The van der Waals surface area contributed by atoms with Gasteiger partial charge in [-0.3, -0.25) is 0 Å². The van der Waals surface area contributed by atoms with E-state index in [2.05, 4.69) is 18.9 Å². The molecule has 8 unspecified atom stereocenters. The molecular formula is C66H95ClF8N4O25S4. The number of hydrogen-bond acceptors (Lipinski definition) is 25. The Kier molecular flexibility index (Phi) is 33.1. The molecule has 42 heteroatoms. The van der Waals surface area contributed by atoms with Crippen molar-refractivity contribution in [1.29, 1.82) is 0 Å². The molecule has 4 fully saturated rings. The fourth-order valence-corrected chi connectivity index (χ4v) is 17.5. The number of hydrogen-bond donors (Lipinski definition) is 16. The van der Waals surface area contributed by atoms with Gasteiger partial charge >= 0.3 is 0 Å². The van der Waals surface area contributed by atoms with E-state index in [4.69, 9.17) is 55.7 Å². The molecule has 4 aliphatic rings. The van der Waals surface area contributed by atoms with Crippen molar-refractivity contribution in [2.24, 2.45) is 23.7 Å². The SMILES string of the molecule is COc1ccc(S(=O)(=O)N[C@H]2C(F)C(C)(F)O[C@@H]([C@H](O)[C@H](O)CO)[C@@H]2C)cc1.C[C@H]1[C@H]([C@H](O)[C@H](O)CO)OC(C)(F)C(F)[C@@H]1NS(=O)(=O)c1ccc(Cl)cc1.C[C@H]1[C@H]([C@H](O)[C@H](O)CO)OC(C)(F)C(F)[C@@H]1NS(=O)(=O)c1ccccc1.Cc1ccc(S(=O)(=O)N[C@H]2C(F)C(C)(F)O[C@@H]([C@H](O)[C@H](O)CO)[C@@H]2C)cc1. The molecular weight excluding hydrogens is 1560 g/mol. The van der Waals surface area contributed by atoms with Crippen LogP contribution in [0.2, 0.25) is 5.02 Å². The molecule has 29 nitrogen and oxygen atoms in total. The van der Waals surface area contributed by atoms with Crippen LogP contribution in [-0.4, -0.2) is 274 Å². The van der Waals surface area contributed by atoms with Gasteiger partial charge in [-0.15, -0.1) is 0 Å². The lowest BCUT2D eigenvalue weighted by Crippen LogP contribution is -2.65. The van der Waals surface area contributed by atoms with Gasteiger partial charge in [-0.05, 0) is 107 Å². The first-order chi connectivity index (χ1) is 49.8. The van der Waals surface area contributed by atoms with Gasteiger partial charge < -0.3 is 85.0 Å². The topological polar surface area (TPSA) is 474 Å². The number of rotatable bonds is 25. The summed E-state index contributed by atoms with van der Waals surface area (Å²) in [5.41, 5.74) is 0.828. The number of methoxy groups -OCH3 is 1. The van der Waals surface area contributed by atoms with Gasteiger partial charge in [0.1, 0.15) is 54.6 Å². The van der Waals surface area contributed by atoms with Gasteiger partial charge in [0.25, 0.3) is 0 Å². The highest BCUT2D eigenvalue weighted by Crippen LogP contribution is 2.43. The minimum atomic E-state index is -4.24. The first-order valence-corrected chi connectivity index (χ1v) is 39.6. The maximum absolute atomic E-state index is 14.7. The lowest BCUT2D eigenvalue weighted by atomic mass is 9.83. The monoisotopic (exact) mass is 1660 g/mol. The van der Waals surface area contributed by atoms with Crippen molar-refractivity contribution >= 4 is 51.7 Å². The lowest BCUT2D eigenvalue weighted by molar-refractivity contribution is -0.280. The molecule has 0 radical (unpaired) electrons. The number of aryl methyl sites for hydroxylation is 1. The Morgan fingerprint density at radius 2 is 0.611 bits per heavy atom. The summed E-state index contributed by atoms with van der Waals surface area (Å²) in [6, 6.07) is 17.0. The van der Waals surface area contributed by atoms with Crippen molar-refractivity contribution in [3.05, 3.63) is 114 Å². The molecule has 8 rings (SSSR count). The van der Waals surface area contributed by atoms with Crippen LogP contribution in [0.25, 0.3) is 0 Å². The summed E-state index contributed by atoms with van der Waals surface area (Å²) in [7, 11) is -15.4. The molecule has 4 saturated heterocycles. The summed E-state index contributed by atoms with van der Waals surface area (Å²) >= 11 is 5.72. The summed E-state index contributed by atoms with van der Waals surface area (Å²) in [6.07, 6.45) is -28.9. The predicted octanol–water partition coefficient (Wildman–Crippen LogP) is 1.40. The number of halogens is 9. The average Bonchev–Trinajstić information content (AvgIpc) is 0.779. The number of aliphatic hydroxyl groups is 12.